The summed E-state index contributed by atoms with van der Waals surface area (Å²) in [6, 6.07) is 0. The summed E-state index contributed by atoms with van der Waals surface area (Å²) in [6.07, 6.45) is 2.99. The van der Waals surface area contributed by atoms with Crippen LogP contribution in [-0.2, 0) is 9.59 Å². The molecule has 0 unspecified atom stereocenters. The van der Waals surface area contributed by atoms with Gasteiger partial charge in [0.15, 0.2) is 0 Å². The Hall–Kier alpha value is -1.06. The van der Waals surface area contributed by atoms with Gasteiger partial charge in [0.25, 0.3) is 0 Å². The van der Waals surface area contributed by atoms with E-state index in [2.05, 4.69) is 19.2 Å². The van der Waals surface area contributed by atoms with Crippen LogP contribution >= 0.6 is 0 Å². The first-order chi connectivity index (χ1) is 7.06. The molecule has 1 fully saturated rings. The standard InChI is InChI=1S/C11H19NO3/c1-3-8(4-2)7-12-9(13)11(5-6-11)10(14)15/h8H,3-7H2,1-2H3,(H,12,13)(H,14,15). The maximum atomic E-state index is 11.6. The fourth-order valence-electron chi connectivity index (χ4n) is 1.65. The monoisotopic (exact) mass is 213 g/mol. The van der Waals surface area contributed by atoms with Crippen LogP contribution in [0.4, 0.5) is 0 Å². The molecule has 1 rings (SSSR count). The zero-order valence-electron chi connectivity index (χ0n) is 9.38. The summed E-state index contributed by atoms with van der Waals surface area (Å²) < 4.78 is 0. The summed E-state index contributed by atoms with van der Waals surface area (Å²) in [6.45, 7) is 4.75. The molecule has 1 saturated carbocycles. The highest BCUT2D eigenvalue weighted by molar-refractivity contribution is 6.04. The zero-order chi connectivity index (χ0) is 11.5. The van der Waals surface area contributed by atoms with E-state index < -0.39 is 11.4 Å². The van der Waals surface area contributed by atoms with Gasteiger partial charge in [-0.25, -0.2) is 0 Å². The van der Waals surface area contributed by atoms with Crippen molar-refractivity contribution < 1.29 is 14.7 Å². The van der Waals surface area contributed by atoms with Gasteiger partial charge in [-0.15, -0.1) is 0 Å². The first kappa shape index (κ1) is 12.0. The lowest BCUT2D eigenvalue weighted by atomic mass is 10.0. The molecule has 1 aliphatic carbocycles. The van der Waals surface area contributed by atoms with E-state index >= 15 is 0 Å². The Labute approximate surface area is 90.0 Å². The van der Waals surface area contributed by atoms with Gasteiger partial charge in [-0.3, -0.25) is 9.59 Å². The molecule has 0 aromatic rings. The second kappa shape index (κ2) is 4.64. The highest BCUT2D eigenvalue weighted by atomic mass is 16.4. The number of hydrogen-bond acceptors (Lipinski definition) is 2. The molecular weight excluding hydrogens is 194 g/mol. The quantitative estimate of drug-likeness (QED) is 0.655. The van der Waals surface area contributed by atoms with E-state index in [4.69, 9.17) is 5.11 Å². The molecule has 0 spiro atoms. The summed E-state index contributed by atoms with van der Waals surface area (Å²) in [5.41, 5.74) is -1.09. The van der Waals surface area contributed by atoms with Crippen LogP contribution in [0.5, 0.6) is 0 Å². The van der Waals surface area contributed by atoms with Gasteiger partial charge in [-0.2, -0.15) is 0 Å². The second-order valence-electron chi connectivity index (χ2n) is 4.28. The maximum Gasteiger partial charge on any atom is 0.319 e. The number of carboxylic acid groups (broad SMARTS) is 1. The van der Waals surface area contributed by atoms with Crippen LogP contribution in [0, 0.1) is 11.3 Å². The van der Waals surface area contributed by atoms with E-state index in [0.717, 1.165) is 12.8 Å². The van der Waals surface area contributed by atoms with Crippen LogP contribution in [0.15, 0.2) is 0 Å². The van der Waals surface area contributed by atoms with E-state index in [1.807, 2.05) is 0 Å². The van der Waals surface area contributed by atoms with Crippen LogP contribution in [0.3, 0.4) is 0 Å². The molecule has 2 N–H and O–H groups in total. The summed E-state index contributed by atoms with van der Waals surface area (Å²) in [5, 5.41) is 11.6. The molecule has 0 heterocycles. The zero-order valence-corrected chi connectivity index (χ0v) is 9.38. The Morgan fingerprint density at radius 2 is 1.87 bits per heavy atom. The summed E-state index contributed by atoms with van der Waals surface area (Å²) in [5.74, 6) is -0.829. The predicted molar refractivity (Wildman–Crippen MR) is 56.4 cm³/mol. The third-order valence-electron chi connectivity index (χ3n) is 3.30. The molecule has 0 radical (unpaired) electrons. The van der Waals surface area contributed by atoms with Crippen LogP contribution in [0.1, 0.15) is 39.5 Å². The second-order valence-corrected chi connectivity index (χ2v) is 4.28. The average molecular weight is 213 g/mol. The first-order valence-corrected chi connectivity index (χ1v) is 5.58. The average Bonchev–Trinajstić information content (AvgIpc) is 2.99. The van der Waals surface area contributed by atoms with Crippen molar-refractivity contribution in [2.45, 2.75) is 39.5 Å². The van der Waals surface area contributed by atoms with E-state index in [-0.39, 0.29) is 5.91 Å². The minimum Gasteiger partial charge on any atom is -0.480 e. The molecule has 1 amide bonds. The number of carboxylic acids is 1. The van der Waals surface area contributed by atoms with Gasteiger partial charge in [-0.05, 0) is 18.8 Å². The molecule has 0 bridgehead atoms. The van der Waals surface area contributed by atoms with Gasteiger partial charge in [-0.1, -0.05) is 26.7 Å². The predicted octanol–water partition coefficient (Wildman–Crippen LogP) is 1.40. The van der Waals surface area contributed by atoms with Crippen molar-refractivity contribution in [3.63, 3.8) is 0 Å². The van der Waals surface area contributed by atoms with Crippen molar-refractivity contribution in [3.05, 3.63) is 0 Å². The summed E-state index contributed by atoms with van der Waals surface area (Å²) in [7, 11) is 0. The Kier molecular flexibility index (Phi) is 3.72. The number of carbonyl (C=O) groups excluding carboxylic acids is 1. The van der Waals surface area contributed by atoms with Crippen molar-refractivity contribution in [2.75, 3.05) is 6.54 Å². The van der Waals surface area contributed by atoms with Crippen molar-refractivity contribution >= 4 is 11.9 Å². The smallest absolute Gasteiger partial charge is 0.319 e. The van der Waals surface area contributed by atoms with Gasteiger partial charge in [0.1, 0.15) is 5.41 Å². The fourth-order valence-corrected chi connectivity index (χ4v) is 1.65. The van der Waals surface area contributed by atoms with Crippen LogP contribution in [0.2, 0.25) is 0 Å². The van der Waals surface area contributed by atoms with E-state index in [1.165, 1.54) is 0 Å². The highest BCUT2D eigenvalue weighted by Crippen LogP contribution is 2.46. The normalized spacial score (nSPS) is 17.5. The molecule has 86 valence electrons. The van der Waals surface area contributed by atoms with Crippen LogP contribution in [-0.4, -0.2) is 23.5 Å². The van der Waals surface area contributed by atoms with Gasteiger partial charge < -0.3 is 10.4 Å². The third-order valence-corrected chi connectivity index (χ3v) is 3.30. The van der Waals surface area contributed by atoms with Crippen molar-refractivity contribution in [3.8, 4) is 0 Å². The lowest BCUT2D eigenvalue weighted by Crippen LogP contribution is -2.39. The minimum absolute atomic E-state index is 0.304. The summed E-state index contributed by atoms with van der Waals surface area (Å²) >= 11 is 0. The molecule has 0 saturated heterocycles. The van der Waals surface area contributed by atoms with Crippen molar-refractivity contribution in [2.24, 2.45) is 11.3 Å². The number of nitrogens with one attached hydrogen (secondary N) is 1. The lowest BCUT2D eigenvalue weighted by Gasteiger charge is -2.15. The number of aliphatic carboxylic acids is 1. The maximum absolute atomic E-state index is 11.6. The number of hydrogen-bond donors (Lipinski definition) is 2. The topological polar surface area (TPSA) is 66.4 Å². The Balaban J connectivity index is 2.40. The molecule has 0 atom stereocenters. The number of amides is 1. The first-order valence-electron chi connectivity index (χ1n) is 5.58. The van der Waals surface area contributed by atoms with Crippen LogP contribution < -0.4 is 5.32 Å². The highest BCUT2D eigenvalue weighted by Gasteiger charge is 2.56. The molecule has 0 aromatic carbocycles. The van der Waals surface area contributed by atoms with Crippen molar-refractivity contribution in [1.29, 1.82) is 0 Å². The van der Waals surface area contributed by atoms with Gasteiger partial charge in [0.05, 0.1) is 0 Å². The van der Waals surface area contributed by atoms with E-state index in [1.54, 1.807) is 0 Å². The molecule has 1 aliphatic rings. The Bertz CT molecular complexity index is 255. The number of rotatable bonds is 6. The Morgan fingerprint density at radius 1 is 1.33 bits per heavy atom. The number of carbonyl (C=O) groups is 2. The van der Waals surface area contributed by atoms with E-state index in [9.17, 15) is 9.59 Å². The molecule has 4 nitrogen and oxygen atoms in total. The molecule has 0 aromatic heterocycles. The van der Waals surface area contributed by atoms with Crippen molar-refractivity contribution in [1.82, 2.24) is 5.32 Å². The third kappa shape index (κ3) is 2.49. The van der Waals surface area contributed by atoms with Gasteiger partial charge in [0.2, 0.25) is 5.91 Å². The van der Waals surface area contributed by atoms with Gasteiger partial charge >= 0.3 is 5.97 Å². The Morgan fingerprint density at radius 3 is 2.20 bits per heavy atom. The molecular formula is C11H19NO3. The van der Waals surface area contributed by atoms with E-state index in [0.29, 0.717) is 25.3 Å². The minimum atomic E-state index is -1.09. The van der Waals surface area contributed by atoms with Gasteiger partial charge in [0, 0.05) is 6.54 Å². The molecule has 4 heteroatoms. The lowest BCUT2D eigenvalue weighted by molar-refractivity contribution is -0.149. The fraction of sp³-hybridized carbons (Fsp3) is 0.818. The largest absolute Gasteiger partial charge is 0.480 e. The van der Waals surface area contributed by atoms with Crippen LogP contribution in [0.25, 0.3) is 0 Å². The molecule has 0 aliphatic heterocycles. The summed E-state index contributed by atoms with van der Waals surface area (Å²) in [4.78, 5) is 22.5. The molecule has 15 heavy (non-hydrogen) atoms. The SMILES string of the molecule is CCC(CC)CNC(=O)C1(C(=O)O)CC1.